The quantitative estimate of drug-likeness (QED) is 0.898. The molecule has 0 unspecified atom stereocenters. The molecule has 2 heterocycles. The molecule has 0 bridgehead atoms. The number of nitrogens with one attached hydrogen (secondary N) is 1. The van der Waals surface area contributed by atoms with E-state index in [9.17, 15) is 4.79 Å². The first-order valence-corrected chi connectivity index (χ1v) is 7.27. The molecule has 114 valence electrons. The Hall–Kier alpha value is -1.95. The van der Waals surface area contributed by atoms with E-state index in [-0.39, 0.29) is 12.1 Å². The zero-order valence-corrected chi connectivity index (χ0v) is 12.1. The van der Waals surface area contributed by atoms with E-state index in [1.54, 1.807) is 4.90 Å². The fraction of sp³-hybridized carbons (Fsp3) is 0.533. The lowest BCUT2D eigenvalue weighted by atomic mass is 10.1. The Morgan fingerprint density at radius 3 is 2.62 bits per heavy atom. The standard InChI is InChI=1S/C15H20N2O4/c1-11(16-15(18)17-4-6-19-7-5-17)12-2-3-13-14(10-12)21-9-8-20-13/h2-3,10-11H,4-9H2,1H3,(H,16,18)/t11-/m1/s1. The van der Waals surface area contributed by atoms with Gasteiger partial charge in [-0.15, -0.1) is 0 Å². The summed E-state index contributed by atoms with van der Waals surface area (Å²) in [5.41, 5.74) is 1.00. The number of amides is 2. The molecule has 6 nitrogen and oxygen atoms in total. The Bertz CT molecular complexity index is 514. The van der Waals surface area contributed by atoms with Gasteiger partial charge in [0.2, 0.25) is 0 Å². The van der Waals surface area contributed by atoms with Gasteiger partial charge in [0.1, 0.15) is 13.2 Å². The number of rotatable bonds is 2. The average molecular weight is 292 g/mol. The van der Waals surface area contributed by atoms with E-state index in [1.165, 1.54) is 0 Å². The van der Waals surface area contributed by atoms with E-state index in [0.29, 0.717) is 39.5 Å². The van der Waals surface area contributed by atoms with Crippen LogP contribution in [0.3, 0.4) is 0 Å². The Balaban J connectivity index is 1.64. The zero-order valence-electron chi connectivity index (χ0n) is 12.1. The molecule has 0 saturated carbocycles. The van der Waals surface area contributed by atoms with Crippen molar-refractivity contribution in [2.24, 2.45) is 0 Å². The summed E-state index contributed by atoms with van der Waals surface area (Å²) in [7, 11) is 0. The summed E-state index contributed by atoms with van der Waals surface area (Å²) >= 11 is 0. The van der Waals surface area contributed by atoms with Crippen LogP contribution in [0.2, 0.25) is 0 Å². The second kappa shape index (κ2) is 6.22. The summed E-state index contributed by atoms with van der Waals surface area (Å²) in [6.45, 7) is 5.58. The largest absolute Gasteiger partial charge is 0.486 e. The SMILES string of the molecule is C[C@@H](NC(=O)N1CCOCC1)c1ccc2c(c1)OCCO2. The highest BCUT2D eigenvalue weighted by molar-refractivity contribution is 5.74. The fourth-order valence-corrected chi connectivity index (χ4v) is 2.46. The van der Waals surface area contributed by atoms with Crippen molar-refractivity contribution in [1.82, 2.24) is 10.2 Å². The molecule has 2 aliphatic heterocycles. The minimum atomic E-state index is -0.0869. The van der Waals surface area contributed by atoms with Gasteiger partial charge in [-0.05, 0) is 24.6 Å². The Morgan fingerprint density at radius 2 is 1.86 bits per heavy atom. The summed E-state index contributed by atoms with van der Waals surface area (Å²) in [6, 6.07) is 5.63. The van der Waals surface area contributed by atoms with Crippen LogP contribution in [-0.4, -0.2) is 50.4 Å². The molecule has 21 heavy (non-hydrogen) atoms. The molecule has 3 rings (SSSR count). The van der Waals surface area contributed by atoms with E-state index in [2.05, 4.69) is 5.32 Å². The average Bonchev–Trinajstić information content (AvgIpc) is 2.55. The lowest BCUT2D eigenvalue weighted by molar-refractivity contribution is 0.0526. The van der Waals surface area contributed by atoms with Crippen molar-refractivity contribution in [3.8, 4) is 11.5 Å². The molecule has 0 spiro atoms. The number of carbonyl (C=O) groups is 1. The van der Waals surface area contributed by atoms with Crippen LogP contribution in [0.4, 0.5) is 4.79 Å². The number of morpholine rings is 1. The van der Waals surface area contributed by atoms with E-state index in [4.69, 9.17) is 14.2 Å². The first-order chi connectivity index (χ1) is 10.2. The van der Waals surface area contributed by atoms with Gasteiger partial charge in [0.15, 0.2) is 11.5 Å². The van der Waals surface area contributed by atoms with Crippen LogP contribution in [0.5, 0.6) is 11.5 Å². The summed E-state index contributed by atoms with van der Waals surface area (Å²) in [5, 5.41) is 3.01. The predicted molar refractivity (Wildman–Crippen MR) is 76.8 cm³/mol. The number of benzene rings is 1. The van der Waals surface area contributed by atoms with E-state index < -0.39 is 0 Å². The summed E-state index contributed by atoms with van der Waals surface area (Å²) in [5.74, 6) is 1.50. The van der Waals surface area contributed by atoms with Crippen LogP contribution in [0.25, 0.3) is 0 Å². The van der Waals surface area contributed by atoms with E-state index >= 15 is 0 Å². The molecule has 1 N–H and O–H groups in total. The van der Waals surface area contributed by atoms with Gasteiger partial charge in [-0.1, -0.05) is 6.07 Å². The molecule has 1 fully saturated rings. The normalized spacial score (nSPS) is 19.0. The molecule has 1 aromatic rings. The Labute approximate surface area is 124 Å². The van der Waals surface area contributed by atoms with Crippen molar-refractivity contribution < 1.29 is 19.0 Å². The van der Waals surface area contributed by atoms with Crippen molar-refractivity contribution in [1.29, 1.82) is 0 Å². The molecule has 6 heteroatoms. The number of nitrogens with zero attached hydrogens (tertiary/aromatic N) is 1. The summed E-state index contributed by atoms with van der Waals surface area (Å²) < 4.78 is 16.3. The topological polar surface area (TPSA) is 60.0 Å². The third-order valence-corrected chi connectivity index (χ3v) is 3.70. The number of fused-ring (bicyclic) bond motifs is 1. The van der Waals surface area contributed by atoms with Crippen molar-refractivity contribution in [3.05, 3.63) is 23.8 Å². The molecular weight excluding hydrogens is 272 g/mol. The molecule has 2 aliphatic rings. The highest BCUT2D eigenvalue weighted by atomic mass is 16.6. The first-order valence-electron chi connectivity index (χ1n) is 7.27. The van der Waals surface area contributed by atoms with Gasteiger partial charge in [0, 0.05) is 13.1 Å². The van der Waals surface area contributed by atoms with E-state index in [0.717, 1.165) is 17.1 Å². The molecule has 0 aromatic heterocycles. The predicted octanol–water partition coefficient (Wildman–Crippen LogP) is 1.56. The van der Waals surface area contributed by atoms with Gasteiger partial charge in [-0.2, -0.15) is 0 Å². The number of hydrogen-bond donors (Lipinski definition) is 1. The van der Waals surface area contributed by atoms with Crippen LogP contribution < -0.4 is 14.8 Å². The lowest BCUT2D eigenvalue weighted by Crippen LogP contribution is -2.46. The zero-order chi connectivity index (χ0) is 14.7. The smallest absolute Gasteiger partial charge is 0.318 e. The molecule has 1 saturated heterocycles. The third-order valence-electron chi connectivity index (χ3n) is 3.70. The van der Waals surface area contributed by atoms with Crippen molar-refractivity contribution in [2.45, 2.75) is 13.0 Å². The lowest BCUT2D eigenvalue weighted by Gasteiger charge is -2.28. The Morgan fingerprint density at radius 1 is 1.14 bits per heavy atom. The third kappa shape index (κ3) is 3.21. The maximum absolute atomic E-state index is 12.2. The summed E-state index contributed by atoms with van der Waals surface area (Å²) in [4.78, 5) is 13.9. The first kappa shape index (κ1) is 14.0. The van der Waals surface area contributed by atoms with Crippen LogP contribution in [0, 0.1) is 0 Å². The van der Waals surface area contributed by atoms with Gasteiger partial charge in [0.25, 0.3) is 0 Å². The second-order valence-electron chi connectivity index (χ2n) is 5.17. The number of hydrogen-bond acceptors (Lipinski definition) is 4. The fourth-order valence-electron chi connectivity index (χ4n) is 2.46. The summed E-state index contributed by atoms with van der Waals surface area (Å²) in [6.07, 6.45) is 0. The highest BCUT2D eigenvalue weighted by Gasteiger charge is 2.20. The van der Waals surface area contributed by atoms with Crippen molar-refractivity contribution >= 4 is 6.03 Å². The van der Waals surface area contributed by atoms with Gasteiger partial charge in [-0.25, -0.2) is 4.79 Å². The molecule has 1 atom stereocenters. The van der Waals surface area contributed by atoms with Crippen molar-refractivity contribution in [2.75, 3.05) is 39.5 Å². The van der Waals surface area contributed by atoms with Gasteiger partial charge < -0.3 is 24.4 Å². The molecule has 1 aromatic carbocycles. The number of ether oxygens (including phenoxy) is 3. The van der Waals surface area contributed by atoms with Crippen LogP contribution in [0.1, 0.15) is 18.5 Å². The molecular formula is C15H20N2O4. The Kier molecular flexibility index (Phi) is 4.15. The monoisotopic (exact) mass is 292 g/mol. The second-order valence-corrected chi connectivity index (χ2v) is 5.17. The maximum Gasteiger partial charge on any atom is 0.318 e. The highest BCUT2D eigenvalue weighted by Crippen LogP contribution is 2.32. The van der Waals surface area contributed by atoms with Crippen molar-refractivity contribution in [3.63, 3.8) is 0 Å². The molecule has 2 amide bonds. The minimum Gasteiger partial charge on any atom is -0.486 e. The van der Waals surface area contributed by atoms with Crippen LogP contribution in [0.15, 0.2) is 18.2 Å². The molecule has 0 aliphatic carbocycles. The number of urea groups is 1. The van der Waals surface area contributed by atoms with Gasteiger partial charge in [-0.3, -0.25) is 0 Å². The van der Waals surface area contributed by atoms with E-state index in [1.807, 2.05) is 25.1 Å². The van der Waals surface area contributed by atoms with Gasteiger partial charge >= 0.3 is 6.03 Å². The van der Waals surface area contributed by atoms with Gasteiger partial charge in [0.05, 0.1) is 19.3 Å². The maximum atomic E-state index is 12.2. The van der Waals surface area contributed by atoms with Crippen LogP contribution in [-0.2, 0) is 4.74 Å². The number of carbonyl (C=O) groups excluding carboxylic acids is 1. The van der Waals surface area contributed by atoms with Crippen LogP contribution >= 0.6 is 0 Å². The molecule has 0 radical (unpaired) electrons. The minimum absolute atomic E-state index is 0.0549.